The van der Waals surface area contributed by atoms with Crippen LogP contribution in [0.1, 0.15) is 5.69 Å². The molecule has 0 saturated heterocycles. The van der Waals surface area contributed by atoms with Crippen molar-refractivity contribution in [3.63, 3.8) is 0 Å². The van der Waals surface area contributed by atoms with E-state index in [0.29, 0.717) is 17.4 Å². The Labute approximate surface area is 149 Å². The predicted octanol–water partition coefficient (Wildman–Crippen LogP) is 2.22. The smallest absolute Gasteiger partial charge is 0.242 e. The Kier molecular flexibility index (Phi) is 3.76. The van der Waals surface area contributed by atoms with Crippen LogP contribution in [0.3, 0.4) is 0 Å². The summed E-state index contributed by atoms with van der Waals surface area (Å²) in [6.07, 6.45) is 8.84. The quantitative estimate of drug-likeness (QED) is 0.603. The van der Waals surface area contributed by atoms with Gasteiger partial charge in [0.1, 0.15) is 11.2 Å². The summed E-state index contributed by atoms with van der Waals surface area (Å²) in [5.41, 5.74) is 4.68. The zero-order chi connectivity index (χ0) is 18.3. The second-order valence-electron chi connectivity index (χ2n) is 5.95. The molecule has 1 N–H and O–H groups in total. The molecule has 9 heteroatoms. The first kappa shape index (κ1) is 16.0. The Morgan fingerprint density at radius 1 is 1.12 bits per heavy atom. The van der Waals surface area contributed by atoms with E-state index in [1.54, 1.807) is 36.7 Å². The van der Waals surface area contributed by atoms with Gasteiger partial charge in [0.05, 0.1) is 48.3 Å². The van der Waals surface area contributed by atoms with Crippen molar-refractivity contribution < 1.29 is 4.74 Å². The standard InChI is InChI=1S/C17H18N8O/c1-10-16(22-11-5-20-25(3)8-11)23-17(26-4)15(21-10)12-6-18-7-13-14(12)19-9-24(13)2/h5-9H,1-4H3,(H,22,23). The van der Waals surface area contributed by atoms with E-state index >= 15 is 0 Å². The van der Waals surface area contributed by atoms with Gasteiger partial charge < -0.3 is 14.6 Å². The third-order valence-electron chi connectivity index (χ3n) is 4.09. The number of aryl methyl sites for hydroxylation is 3. The number of ether oxygens (including phenoxy) is 1. The van der Waals surface area contributed by atoms with E-state index in [2.05, 4.69) is 25.4 Å². The Hall–Kier alpha value is -3.49. The summed E-state index contributed by atoms with van der Waals surface area (Å²) in [6, 6.07) is 0. The summed E-state index contributed by atoms with van der Waals surface area (Å²) in [4.78, 5) is 18.1. The number of aromatic nitrogens is 7. The first-order chi connectivity index (χ1) is 12.6. The van der Waals surface area contributed by atoms with Crippen LogP contribution in [-0.2, 0) is 14.1 Å². The molecule has 132 valence electrons. The average Bonchev–Trinajstić information content (AvgIpc) is 3.22. The Bertz CT molecular complexity index is 1100. The molecular formula is C17H18N8O. The van der Waals surface area contributed by atoms with E-state index in [9.17, 15) is 0 Å². The molecule has 0 saturated carbocycles. The highest BCUT2D eigenvalue weighted by Crippen LogP contribution is 2.33. The van der Waals surface area contributed by atoms with E-state index in [0.717, 1.165) is 28.0 Å². The first-order valence-electron chi connectivity index (χ1n) is 8.00. The van der Waals surface area contributed by atoms with Crippen LogP contribution in [0.2, 0.25) is 0 Å². The Balaban J connectivity index is 1.83. The predicted molar refractivity (Wildman–Crippen MR) is 97.3 cm³/mol. The molecule has 26 heavy (non-hydrogen) atoms. The molecule has 0 spiro atoms. The Morgan fingerprint density at radius 2 is 1.96 bits per heavy atom. The number of fused-ring (bicyclic) bond motifs is 1. The highest BCUT2D eigenvalue weighted by molar-refractivity contribution is 5.91. The van der Waals surface area contributed by atoms with Gasteiger partial charge in [-0.3, -0.25) is 9.67 Å². The molecule has 0 fully saturated rings. The van der Waals surface area contributed by atoms with E-state index in [1.807, 2.05) is 31.8 Å². The number of nitrogens with one attached hydrogen (secondary N) is 1. The van der Waals surface area contributed by atoms with Crippen LogP contribution >= 0.6 is 0 Å². The molecule has 4 heterocycles. The lowest BCUT2D eigenvalue weighted by molar-refractivity contribution is 0.398. The maximum atomic E-state index is 5.50. The molecule has 0 aliphatic heterocycles. The number of methoxy groups -OCH3 is 1. The third kappa shape index (κ3) is 2.63. The number of nitrogens with zero attached hydrogens (tertiary/aromatic N) is 7. The van der Waals surface area contributed by atoms with Crippen LogP contribution in [0.5, 0.6) is 5.88 Å². The number of imidazole rings is 1. The van der Waals surface area contributed by atoms with Crippen molar-refractivity contribution in [2.75, 3.05) is 12.4 Å². The van der Waals surface area contributed by atoms with Crippen molar-refractivity contribution in [3.05, 3.63) is 36.8 Å². The highest BCUT2D eigenvalue weighted by atomic mass is 16.5. The molecule has 4 rings (SSSR count). The van der Waals surface area contributed by atoms with Gasteiger partial charge >= 0.3 is 0 Å². The molecule has 0 bridgehead atoms. The van der Waals surface area contributed by atoms with Gasteiger partial charge in [-0.25, -0.2) is 9.97 Å². The maximum absolute atomic E-state index is 5.50. The lowest BCUT2D eigenvalue weighted by atomic mass is 10.1. The summed E-state index contributed by atoms with van der Waals surface area (Å²) in [5.74, 6) is 1.02. The number of hydrogen-bond acceptors (Lipinski definition) is 7. The van der Waals surface area contributed by atoms with Crippen LogP contribution in [0, 0.1) is 6.92 Å². The number of hydrogen-bond donors (Lipinski definition) is 1. The SMILES string of the molecule is COc1nc(Nc2cnn(C)c2)c(C)nc1-c1cncc2c1ncn2C. The van der Waals surface area contributed by atoms with Gasteiger partial charge in [-0.2, -0.15) is 10.1 Å². The van der Waals surface area contributed by atoms with Crippen molar-refractivity contribution in [2.24, 2.45) is 14.1 Å². The van der Waals surface area contributed by atoms with Crippen molar-refractivity contribution in [2.45, 2.75) is 6.92 Å². The second kappa shape index (κ2) is 6.10. The highest BCUT2D eigenvalue weighted by Gasteiger charge is 2.18. The van der Waals surface area contributed by atoms with Crippen molar-refractivity contribution in [1.82, 2.24) is 34.3 Å². The van der Waals surface area contributed by atoms with Gasteiger partial charge in [-0.1, -0.05) is 0 Å². The zero-order valence-electron chi connectivity index (χ0n) is 14.9. The summed E-state index contributed by atoms with van der Waals surface area (Å²) in [7, 11) is 5.35. The van der Waals surface area contributed by atoms with Crippen molar-refractivity contribution in [3.8, 4) is 17.1 Å². The molecular weight excluding hydrogens is 332 g/mol. The van der Waals surface area contributed by atoms with Crippen molar-refractivity contribution >= 4 is 22.5 Å². The molecule has 4 aromatic rings. The van der Waals surface area contributed by atoms with E-state index < -0.39 is 0 Å². The first-order valence-corrected chi connectivity index (χ1v) is 8.00. The van der Waals surface area contributed by atoms with E-state index in [4.69, 9.17) is 9.72 Å². The summed E-state index contributed by atoms with van der Waals surface area (Å²) < 4.78 is 9.12. The molecule has 0 radical (unpaired) electrons. The average molecular weight is 350 g/mol. The van der Waals surface area contributed by atoms with Crippen molar-refractivity contribution in [1.29, 1.82) is 0 Å². The van der Waals surface area contributed by atoms with Crippen LogP contribution in [0.25, 0.3) is 22.3 Å². The second-order valence-corrected chi connectivity index (χ2v) is 5.95. The minimum absolute atomic E-state index is 0.405. The fourth-order valence-electron chi connectivity index (χ4n) is 2.78. The number of rotatable bonds is 4. The third-order valence-corrected chi connectivity index (χ3v) is 4.09. The minimum atomic E-state index is 0.405. The summed E-state index contributed by atoms with van der Waals surface area (Å²) in [5, 5.41) is 7.36. The maximum Gasteiger partial charge on any atom is 0.242 e. The number of pyridine rings is 1. The van der Waals surface area contributed by atoms with Crippen LogP contribution in [-0.4, -0.2) is 41.4 Å². The zero-order valence-corrected chi connectivity index (χ0v) is 14.9. The Morgan fingerprint density at radius 3 is 2.69 bits per heavy atom. The molecule has 0 amide bonds. The molecule has 0 aliphatic rings. The van der Waals surface area contributed by atoms with Gasteiger partial charge in [0.15, 0.2) is 5.82 Å². The molecule has 0 aromatic carbocycles. The summed E-state index contributed by atoms with van der Waals surface area (Å²) >= 11 is 0. The topological polar surface area (TPSA) is 95.6 Å². The number of anilines is 2. The molecule has 9 nitrogen and oxygen atoms in total. The fraction of sp³-hybridized carbons (Fsp3) is 0.235. The van der Waals surface area contributed by atoms with Gasteiger partial charge in [-0.05, 0) is 6.92 Å². The van der Waals surface area contributed by atoms with Crippen LogP contribution in [0.4, 0.5) is 11.5 Å². The van der Waals surface area contributed by atoms with E-state index in [1.165, 1.54) is 0 Å². The van der Waals surface area contributed by atoms with Crippen LogP contribution in [0.15, 0.2) is 31.1 Å². The fourth-order valence-corrected chi connectivity index (χ4v) is 2.78. The molecule has 0 atom stereocenters. The normalized spacial score (nSPS) is 11.1. The monoisotopic (exact) mass is 350 g/mol. The molecule has 0 unspecified atom stereocenters. The minimum Gasteiger partial charge on any atom is -0.479 e. The van der Waals surface area contributed by atoms with E-state index in [-0.39, 0.29) is 0 Å². The molecule has 4 aromatic heterocycles. The lowest BCUT2D eigenvalue weighted by Gasteiger charge is -2.12. The van der Waals surface area contributed by atoms with Gasteiger partial charge in [0.2, 0.25) is 5.88 Å². The van der Waals surface area contributed by atoms with Gasteiger partial charge in [0, 0.05) is 26.5 Å². The van der Waals surface area contributed by atoms with Gasteiger partial charge in [0.25, 0.3) is 0 Å². The lowest BCUT2D eigenvalue weighted by Crippen LogP contribution is -2.04. The largest absolute Gasteiger partial charge is 0.479 e. The molecule has 0 aliphatic carbocycles. The van der Waals surface area contributed by atoms with Crippen LogP contribution < -0.4 is 10.1 Å². The van der Waals surface area contributed by atoms with Gasteiger partial charge in [-0.15, -0.1) is 0 Å². The summed E-state index contributed by atoms with van der Waals surface area (Å²) in [6.45, 7) is 1.89.